The molecule has 1 aliphatic heterocycles. The molecule has 1 aromatic heterocycles. The van der Waals surface area contributed by atoms with E-state index < -0.39 is 0 Å². The molecule has 0 spiro atoms. The zero-order valence-electron chi connectivity index (χ0n) is 12.5. The van der Waals surface area contributed by atoms with Crippen molar-refractivity contribution in [3.8, 4) is 0 Å². The van der Waals surface area contributed by atoms with Gasteiger partial charge in [0, 0.05) is 30.9 Å². The van der Waals surface area contributed by atoms with E-state index in [0.29, 0.717) is 12.5 Å². The molecule has 1 unspecified atom stereocenters. The highest BCUT2D eigenvalue weighted by Gasteiger charge is 2.36. The Kier molecular flexibility index (Phi) is 4.34. The SMILES string of the molecule is OCC1(Cc2ccc(F)cc2)CCCN(c2ncccn2)C1. The lowest BCUT2D eigenvalue weighted by Gasteiger charge is -2.42. The van der Waals surface area contributed by atoms with E-state index in [2.05, 4.69) is 14.9 Å². The van der Waals surface area contributed by atoms with Gasteiger partial charge in [0.05, 0.1) is 6.61 Å². The van der Waals surface area contributed by atoms with Crippen LogP contribution in [0.25, 0.3) is 0 Å². The Balaban J connectivity index is 1.78. The van der Waals surface area contributed by atoms with E-state index in [4.69, 9.17) is 0 Å². The largest absolute Gasteiger partial charge is 0.396 e. The third kappa shape index (κ3) is 3.25. The predicted octanol–water partition coefficient (Wildman–Crippen LogP) is 2.44. The molecule has 116 valence electrons. The monoisotopic (exact) mass is 301 g/mol. The van der Waals surface area contributed by atoms with Crippen molar-refractivity contribution in [1.82, 2.24) is 9.97 Å². The first-order valence-corrected chi connectivity index (χ1v) is 7.58. The van der Waals surface area contributed by atoms with Gasteiger partial charge in [0.15, 0.2) is 0 Å². The Morgan fingerprint density at radius 2 is 1.91 bits per heavy atom. The lowest BCUT2D eigenvalue weighted by Crippen LogP contribution is -2.47. The summed E-state index contributed by atoms with van der Waals surface area (Å²) in [6.07, 6.45) is 6.13. The highest BCUT2D eigenvalue weighted by Crippen LogP contribution is 2.34. The molecule has 0 aliphatic carbocycles. The molecule has 4 nitrogen and oxygen atoms in total. The van der Waals surface area contributed by atoms with Gasteiger partial charge in [-0.05, 0) is 43.0 Å². The molecular weight excluding hydrogens is 281 g/mol. The number of anilines is 1. The lowest BCUT2D eigenvalue weighted by atomic mass is 9.76. The minimum Gasteiger partial charge on any atom is -0.396 e. The second kappa shape index (κ2) is 6.40. The summed E-state index contributed by atoms with van der Waals surface area (Å²) in [5.74, 6) is 0.476. The third-order valence-electron chi connectivity index (χ3n) is 4.32. The molecule has 1 saturated heterocycles. The number of aromatic nitrogens is 2. The highest BCUT2D eigenvalue weighted by atomic mass is 19.1. The number of hydrogen-bond acceptors (Lipinski definition) is 4. The summed E-state index contributed by atoms with van der Waals surface area (Å²) in [6.45, 7) is 1.72. The number of piperidine rings is 1. The smallest absolute Gasteiger partial charge is 0.225 e. The number of aliphatic hydroxyl groups is 1. The molecule has 0 amide bonds. The Bertz CT molecular complexity index is 605. The molecule has 0 radical (unpaired) electrons. The van der Waals surface area contributed by atoms with Crippen LogP contribution in [-0.4, -0.2) is 34.8 Å². The van der Waals surface area contributed by atoms with E-state index in [1.165, 1.54) is 12.1 Å². The molecule has 1 atom stereocenters. The van der Waals surface area contributed by atoms with Gasteiger partial charge in [-0.2, -0.15) is 0 Å². The van der Waals surface area contributed by atoms with Crippen LogP contribution >= 0.6 is 0 Å². The van der Waals surface area contributed by atoms with Gasteiger partial charge in [0.25, 0.3) is 0 Å². The van der Waals surface area contributed by atoms with Crippen molar-refractivity contribution in [2.24, 2.45) is 5.41 Å². The molecule has 22 heavy (non-hydrogen) atoms. The predicted molar refractivity (Wildman–Crippen MR) is 83.1 cm³/mol. The normalized spacial score (nSPS) is 21.8. The maximum atomic E-state index is 13.1. The van der Waals surface area contributed by atoms with Crippen LogP contribution in [0.4, 0.5) is 10.3 Å². The fourth-order valence-corrected chi connectivity index (χ4v) is 3.20. The Hall–Kier alpha value is -2.01. The maximum Gasteiger partial charge on any atom is 0.225 e. The minimum atomic E-state index is -0.232. The van der Waals surface area contributed by atoms with E-state index in [-0.39, 0.29) is 17.8 Å². The third-order valence-corrected chi connectivity index (χ3v) is 4.32. The van der Waals surface area contributed by atoms with Gasteiger partial charge in [0.1, 0.15) is 5.82 Å². The van der Waals surface area contributed by atoms with Crippen LogP contribution in [0.2, 0.25) is 0 Å². The van der Waals surface area contributed by atoms with Crippen LogP contribution in [0.15, 0.2) is 42.7 Å². The summed E-state index contributed by atoms with van der Waals surface area (Å²) < 4.78 is 13.1. The fraction of sp³-hybridized carbons (Fsp3) is 0.412. The van der Waals surface area contributed by atoms with Crippen LogP contribution < -0.4 is 4.90 Å². The summed E-state index contributed by atoms with van der Waals surface area (Å²) in [5, 5.41) is 9.98. The molecule has 1 fully saturated rings. The standard InChI is InChI=1S/C17H20FN3O/c18-15-5-3-14(4-6-15)11-17(13-22)7-1-10-21(12-17)16-19-8-2-9-20-16/h2-6,8-9,22H,1,7,10-13H2. The van der Waals surface area contributed by atoms with Crippen LogP contribution in [0.5, 0.6) is 0 Å². The van der Waals surface area contributed by atoms with Gasteiger partial charge in [-0.1, -0.05) is 12.1 Å². The summed E-state index contributed by atoms with van der Waals surface area (Å²) in [7, 11) is 0. The molecule has 1 aliphatic rings. The molecule has 2 heterocycles. The Labute approximate surface area is 129 Å². The van der Waals surface area contributed by atoms with Crippen LogP contribution in [0.3, 0.4) is 0 Å². The molecule has 5 heteroatoms. The molecule has 2 aromatic rings. The van der Waals surface area contributed by atoms with Crippen molar-refractivity contribution in [1.29, 1.82) is 0 Å². The van der Waals surface area contributed by atoms with Gasteiger partial charge in [-0.25, -0.2) is 14.4 Å². The molecule has 0 bridgehead atoms. The topological polar surface area (TPSA) is 49.2 Å². The van der Waals surface area contributed by atoms with Crippen molar-refractivity contribution in [2.75, 3.05) is 24.6 Å². The number of halogens is 1. The Morgan fingerprint density at radius 1 is 1.18 bits per heavy atom. The maximum absolute atomic E-state index is 13.1. The average Bonchev–Trinajstić information content (AvgIpc) is 2.58. The van der Waals surface area contributed by atoms with Crippen molar-refractivity contribution < 1.29 is 9.50 Å². The molecule has 1 aromatic carbocycles. The lowest BCUT2D eigenvalue weighted by molar-refractivity contribution is 0.105. The van der Waals surface area contributed by atoms with Crippen molar-refractivity contribution in [3.63, 3.8) is 0 Å². The van der Waals surface area contributed by atoms with Gasteiger partial charge in [-0.3, -0.25) is 0 Å². The summed E-state index contributed by atoms with van der Waals surface area (Å²) in [4.78, 5) is 10.7. The Morgan fingerprint density at radius 3 is 2.59 bits per heavy atom. The fourth-order valence-electron chi connectivity index (χ4n) is 3.20. The first-order valence-electron chi connectivity index (χ1n) is 7.58. The second-order valence-corrected chi connectivity index (χ2v) is 6.04. The number of benzene rings is 1. The van der Waals surface area contributed by atoms with Gasteiger partial charge >= 0.3 is 0 Å². The number of rotatable bonds is 4. The summed E-state index contributed by atoms with van der Waals surface area (Å²) in [5.41, 5.74) is 0.821. The van der Waals surface area contributed by atoms with E-state index in [1.807, 2.05) is 0 Å². The summed E-state index contributed by atoms with van der Waals surface area (Å²) >= 11 is 0. The van der Waals surface area contributed by atoms with E-state index in [9.17, 15) is 9.50 Å². The molecule has 3 rings (SSSR count). The van der Waals surface area contributed by atoms with Gasteiger partial charge in [0.2, 0.25) is 5.95 Å². The molecular formula is C17H20FN3O. The minimum absolute atomic E-state index is 0.105. The van der Waals surface area contributed by atoms with E-state index >= 15 is 0 Å². The zero-order valence-corrected chi connectivity index (χ0v) is 12.5. The number of aliphatic hydroxyl groups excluding tert-OH is 1. The number of nitrogens with zero attached hydrogens (tertiary/aromatic N) is 3. The number of hydrogen-bond donors (Lipinski definition) is 1. The van der Waals surface area contributed by atoms with Gasteiger partial charge in [-0.15, -0.1) is 0 Å². The van der Waals surface area contributed by atoms with Crippen molar-refractivity contribution in [3.05, 3.63) is 54.1 Å². The van der Waals surface area contributed by atoms with Gasteiger partial charge < -0.3 is 10.0 Å². The van der Waals surface area contributed by atoms with Crippen molar-refractivity contribution >= 4 is 5.95 Å². The second-order valence-electron chi connectivity index (χ2n) is 6.04. The quantitative estimate of drug-likeness (QED) is 0.942. The molecule has 0 saturated carbocycles. The molecule has 1 N–H and O–H groups in total. The average molecular weight is 301 g/mol. The van der Waals surface area contributed by atoms with Crippen LogP contribution in [0, 0.1) is 11.2 Å². The van der Waals surface area contributed by atoms with E-state index in [1.54, 1.807) is 30.6 Å². The zero-order chi connectivity index (χ0) is 15.4. The highest BCUT2D eigenvalue weighted by molar-refractivity contribution is 5.31. The first-order chi connectivity index (χ1) is 10.7. The van der Waals surface area contributed by atoms with Crippen molar-refractivity contribution in [2.45, 2.75) is 19.3 Å². The summed E-state index contributed by atoms with van der Waals surface area (Å²) in [6, 6.07) is 8.34. The first kappa shape index (κ1) is 14.9. The van der Waals surface area contributed by atoms with Crippen LogP contribution in [0.1, 0.15) is 18.4 Å². The van der Waals surface area contributed by atoms with Crippen LogP contribution in [-0.2, 0) is 6.42 Å². The van der Waals surface area contributed by atoms with E-state index in [0.717, 1.165) is 31.4 Å².